The van der Waals surface area contributed by atoms with E-state index in [1.165, 1.54) is 0 Å². The van der Waals surface area contributed by atoms with E-state index in [9.17, 15) is 9.90 Å². The quantitative estimate of drug-likeness (QED) is 0.222. The highest BCUT2D eigenvalue weighted by Gasteiger charge is 2.34. The first kappa shape index (κ1) is 27.9. The molecule has 5 N–H and O–H groups in total. The van der Waals surface area contributed by atoms with Gasteiger partial charge in [-0.2, -0.15) is 0 Å². The van der Waals surface area contributed by atoms with Crippen molar-refractivity contribution >= 4 is 25.5 Å². The Morgan fingerprint density at radius 1 is 1.25 bits per heavy atom. The van der Waals surface area contributed by atoms with E-state index in [0.29, 0.717) is 37.0 Å². The number of hydrogen-bond acceptors (Lipinski definition) is 8. The zero-order valence-corrected chi connectivity index (χ0v) is 23.4. The van der Waals surface area contributed by atoms with E-state index in [4.69, 9.17) is 15.2 Å². The fraction of sp³-hybridized carbons (Fsp3) is 0.640. The van der Waals surface area contributed by atoms with Gasteiger partial charge in [-0.05, 0) is 64.3 Å². The van der Waals surface area contributed by atoms with Gasteiger partial charge in [-0.3, -0.25) is 0 Å². The van der Waals surface area contributed by atoms with Crippen molar-refractivity contribution in [3.8, 4) is 11.4 Å². The second-order valence-corrected chi connectivity index (χ2v) is 17.3. The zero-order chi connectivity index (χ0) is 26.5. The number of benzene rings is 1. The summed E-state index contributed by atoms with van der Waals surface area (Å²) in [7, 11) is -1.13. The Labute approximate surface area is 215 Å². The lowest BCUT2D eigenvalue weighted by Crippen LogP contribution is -2.54. The SMILES string of the molecule is CC(C)(C)OC(=O)N[C@H]1CCC[C@@H](Nc2cc(-c3ncn(COCC[Si](C)(C)C)n3)ccc2N)[C@@H]1O. The molecule has 1 amide bonds. The van der Waals surface area contributed by atoms with Crippen molar-refractivity contribution in [2.24, 2.45) is 0 Å². The summed E-state index contributed by atoms with van der Waals surface area (Å²) in [6.07, 6.45) is 2.61. The van der Waals surface area contributed by atoms with E-state index in [1.54, 1.807) is 17.1 Å². The van der Waals surface area contributed by atoms with Crippen LogP contribution in [-0.2, 0) is 16.2 Å². The van der Waals surface area contributed by atoms with Crippen molar-refractivity contribution in [1.29, 1.82) is 0 Å². The van der Waals surface area contributed by atoms with Crippen LogP contribution < -0.4 is 16.4 Å². The predicted molar refractivity (Wildman–Crippen MR) is 144 cm³/mol. The lowest BCUT2D eigenvalue weighted by Gasteiger charge is -2.36. The Bertz CT molecular complexity index is 1020. The molecule has 10 nitrogen and oxygen atoms in total. The highest BCUT2D eigenvalue weighted by molar-refractivity contribution is 6.76. The van der Waals surface area contributed by atoms with Crippen LogP contribution in [0, 0.1) is 0 Å². The van der Waals surface area contributed by atoms with Crippen molar-refractivity contribution in [2.75, 3.05) is 17.7 Å². The lowest BCUT2D eigenvalue weighted by atomic mass is 9.88. The van der Waals surface area contributed by atoms with Crippen molar-refractivity contribution in [3.63, 3.8) is 0 Å². The van der Waals surface area contributed by atoms with E-state index in [0.717, 1.165) is 24.4 Å². The van der Waals surface area contributed by atoms with Crippen LogP contribution in [0.2, 0.25) is 25.7 Å². The summed E-state index contributed by atoms with van der Waals surface area (Å²) in [5.41, 5.74) is 7.70. The minimum absolute atomic E-state index is 0.276. The number of nitrogen functional groups attached to an aromatic ring is 1. The van der Waals surface area contributed by atoms with Gasteiger partial charge in [0.1, 0.15) is 18.7 Å². The van der Waals surface area contributed by atoms with Crippen LogP contribution in [0.3, 0.4) is 0 Å². The third-order valence-electron chi connectivity index (χ3n) is 5.97. The summed E-state index contributed by atoms with van der Waals surface area (Å²) in [5.74, 6) is 0.570. The number of rotatable bonds is 9. The Balaban J connectivity index is 1.62. The van der Waals surface area contributed by atoms with Gasteiger partial charge in [-0.25, -0.2) is 14.5 Å². The van der Waals surface area contributed by atoms with Crippen LogP contribution in [0.15, 0.2) is 24.5 Å². The van der Waals surface area contributed by atoms with Crippen LogP contribution in [-0.4, -0.2) is 64.4 Å². The zero-order valence-electron chi connectivity index (χ0n) is 22.4. The third-order valence-corrected chi connectivity index (χ3v) is 7.67. The van der Waals surface area contributed by atoms with Gasteiger partial charge in [0.15, 0.2) is 5.82 Å². The number of nitrogens with two attached hydrogens (primary N) is 1. The summed E-state index contributed by atoms with van der Waals surface area (Å²) in [4.78, 5) is 16.6. The number of aliphatic hydroxyl groups excluding tert-OH is 1. The Kier molecular flexibility index (Phi) is 9.01. The normalized spacial score (nSPS) is 20.7. The molecule has 3 rings (SSSR count). The molecule has 1 aromatic heterocycles. The molecule has 1 aliphatic rings. The number of carbonyl (C=O) groups is 1. The molecule has 0 spiro atoms. The maximum atomic E-state index is 12.2. The first-order chi connectivity index (χ1) is 16.8. The van der Waals surface area contributed by atoms with Gasteiger partial charge in [0.05, 0.1) is 29.6 Å². The number of aliphatic hydroxyl groups is 1. The number of nitrogens with one attached hydrogen (secondary N) is 2. The molecular formula is C25H42N6O4Si. The highest BCUT2D eigenvalue weighted by Crippen LogP contribution is 2.29. The van der Waals surface area contributed by atoms with Gasteiger partial charge < -0.3 is 30.9 Å². The smallest absolute Gasteiger partial charge is 0.407 e. The first-order valence-electron chi connectivity index (χ1n) is 12.6. The highest BCUT2D eigenvalue weighted by atomic mass is 28.3. The maximum Gasteiger partial charge on any atom is 0.407 e. The number of aromatic nitrogens is 3. The molecule has 1 aliphatic carbocycles. The number of nitrogens with zero attached hydrogens (tertiary/aromatic N) is 3. The minimum atomic E-state index is -1.13. The second-order valence-electron chi connectivity index (χ2n) is 11.7. The number of amides is 1. The number of hydrogen-bond donors (Lipinski definition) is 4. The number of alkyl carbamates (subject to hydrolysis) is 1. The van der Waals surface area contributed by atoms with E-state index in [2.05, 4.69) is 40.4 Å². The molecule has 2 aromatic rings. The summed E-state index contributed by atoms with van der Waals surface area (Å²) in [6, 6.07) is 5.97. The lowest BCUT2D eigenvalue weighted by molar-refractivity contribution is 0.0338. The molecular weight excluding hydrogens is 476 g/mol. The van der Waals surface area contributed by atoms with Gasteiger partial charge in [0.2, 0.25) is 0 Å². The molecule has 1 saturated carbocycles. The molecule has 0 aliphatic heterocycles. The topological polar surface area (TPSA) is 137 Å². The average Bonchev–Trinajstić information content (AvgIpc) is 3.22. The number of anilines is 2. The molecule has 0 bridgehead atoms. The first-order valence-corrected chi connectivity index (χ1v) is 16.3. The van der Waals surface area contributed by atoms with Crippen LogP contribution >= 0.6 is 0 Å². The summed E-state index contributed by atoms with van der Waals surface area (Å²) in [6.45, 7) is 13.5. The molecule has 3 atom stereocenters. The van der Waals surface area contributed by atoms with Crippen LogP contribution in [0.25, 0.3) is 11.4 Å². The monoisotopic (exact) mass is 518 g/mol. The van der Waals surface area contributed by atoms with E-state index in [-0.39, 0.29) is 6.04 Å². The molecule has 11 heteroatoms. The number of carbonyl (C=O) groups excluding carboxylic acids is 1. The molecule has 0 radical (unpaired) electrons. The molecule has 1 aromatic carbocycles. The van der Waals surface area contributed by atoms with Crippen molar-refractivity contribution in [2.45, 2.75) is 96.2 Å². The largest absolute Gasteiger partial charge is 0.444 e. The standard InChI is InChI=1S/C25H42N6O4Si/c1-25(2,3)35-24(33)29-20-9-7-8-19(22(20)32)28-21-14-17(10-11-18(21)26)23-27-15-31(30-23)16-34-12-13-36(4,5)6/h10-11,14-15,19-20,22,28,32H,7-9,12-13,16,26H2,1-6H3,(H,29,33)/t19-,20+,22+/m1/s1. The third kappa shape index (κ3) is 8.49. The molecule has 1 heterocycles. The summed E-state index contributed by atoms with van der Waals surface area (Å²) in [5, 5.41) is 21.7. The van der Waals surface area contributed by atoms with Crippen LogP contribution in [0.1, 0.15) is 40.0 Å². The maximum absolute atomic E-state index is 12.2. The summed E-state index contributed by atoms with van der Waals surface area (Å²) < 4.78 is 12.8. The predicted octanol–water partition coefficient (Wildman–Crippen LogP) is 4.06. The second kappa shape index (κ2) is 11.6. The van der Waals surface area contributed by atoms with Crippen LogP contribution in [0.4, 0.5) is 16.2 Å². The molecule has 0 saturated heterocycles. The van der Waals surface area contributed by atoms with E-state index in [1.807, 2.05) is 32.9 Å². The van der Waals surface area contributed by atoms with Crippen molar-refractivity contribution < 1.29 is 19.4 Å². The van der Waals surface area contributed by atoms with Gasteiger partial charge in [0.25, 0.3) is 0 Å². The van der Waals surface area contributed by atoms with E-state index >= 15 is 0 Å². The minimum Gasteiger partial charge on any atom is -0.444 e. The van der Waals surface area contributed by atoms with E-state index < -0.39 is 31.9 Å². The Morgan fingerprint density at radius 3 is 2.67 bits per heavy atom. The fourth-order valence-corrected chi connectivity index (χ4v) is 4.76. The van der Waals surface area contributed by atoms with Crippen molar-refractivity contribution in [1.82, 2.24) is 20.1 Å². The summed E-state index contributed by atoms with van der Waals surface area (Å²) >= 11 is 0. The molecule has 0 unspecified atom stereocenters. The van der Waals surface area contributed by atoms with Gasteiger partial charge in [-0.1, -0.05) is 19.6 Å². The molecule has 1 fully saturated rings. The average molecular weight is 519 g/mol. The van der Waals surface area contributed by atoms with Crippen LogP contribution in [0.5, 0.6) is 0 Å². The van der Waals surface area contributed by atoms with Gasteiger partial charge in [-0.15, -0.1) is 5.10 Å². The fourth-order valence-electron chi connectivity index (χ4n) is 4.00. The van der Waals surface area contributed by atoms with Gasteiger partial charge >= 0.3 is 6.09 Å². The number of ether oxygens (including phenoxy) is 2. The Hall–Kier alpha value is -2.63. The van der Waals surface area contributed by atoms with Gasteiger partial charge in [0, 0.05) is 20.2 Å². The molecule has 36 heavy (non-hydrogen) atoms. The molecule has 200 valence electrons. The Morgan fingerprint density at radius 2 is 1.97 bits per heavy atom. The van der Waals surface area contributed by atoms with Crippen molar-refractivity contribution in [3.05, 3.63) is 24.5 Å².